The second-order valence-corrected chi connectivity index (χ2v) is 4.68. The number of likely N-dealkylation sites (N-methyl/N-ethyl adjacent to an activating group) is 1. The predicted molar refractivity (Wildman–Crippen MR) is 64.5 cm³/mol. The van der Waals surface area contributed by atoms with Crippen molar-refractivity contribution in [1.82, 2.24) is 10.2 Å². The van der Waals surface area contributed by atoms with E-state index < -0.39 is 5.97 Å². The van der Waals surface area contributed by atoms with Crippen molar-refractivity contribution in [3.63, 3.8) is 0 Å². The molecule has 1 fully saturated rings. The third-order valence-corrected chi connectivity index (χ3v) is 3.52. The van der Waals surface area contributed by atoms with Crippen LogP contribution in [0.3, 0.4) is 0 Å². The number of nitrogens with zero attached hydrogens (tertiary/aromatic N) is 1. The first kappa shape index (κ1) is 13.5. The second-order valence-electron chi connectivity index (χ2n) is 4.68. The lowest BCUT2D eigenvalue weighted by Gasteiger charge is -2.37. The van der Waals surface area contributed by atoms with Crippen LogP contribution >= 0.6 is 0 Å². The minimum Gasteiger partial charge on any atom is -0.481 e. The maximum atomic E-state index is 10.9. The van der Waals surface area contributed by atoms with Crippen molar-refractivity contribution in [3.8, 4) is 0 Å². The van der Waals surface area contributed by atoms with E-state index >= 15 is 0 Å². The largest absolute Gasteiger partial charge is 0.481 e. The first-order valence-electron chi connectivity index (χ1n) is 6.29. The molecular formula is C12H24N2O2. The van der Waals surface area contributed by atoms with Gasteiger partial charge in [-0.25, -0.2) is 0 Å². The molecule has 0 heterocycles. The Morgan fingerprint density at radius 1 is 1.44 bits per heavy atom. The summed E-state index contributed by atoms with van der Waals surface area (Å²) in [5.74, 6) is -0.821. The molecule has 0 aromatic rings. The lowest BCUT2D eigenvalue weighted by atomic mass is 9.79. The van der Waals surface area contributed by atoms with Crippen LogP contribution in [-0.2, 0) is 4.79 Å². The third kappa shape index (κ3) is 3.46. The van der Waals surface area contributed by atoms with E-state index in [0.717, 1.165) is 32.5 Å². The number of hydrogen-bond acceptors (Lipinski definition) is 3. The van der Waals surface area contributed by atoms with Crippen LogP contribution < -0.4 is 5.32 Å². The lowest BCUT2D eigenvalue weighted by Crippen LogP contribution is -2.53. The molecular weight excluding hydrogens is 204 g/mol. The van der Waals surface area contributed by atoms with E-state index in [9.17, 15) is 4.79 Å². The van der Waals surface area contributed by atoms with Crippen LogP contribution in [0.15, 0.2) is 0 Å². The quantitative estimate of drug-likeness (QED) is 0.687. The van der Waals surface area contributed by atoms with Crippen molar-refractivity contribution in [2.24, 2.45) is 5.92 Å². The van der Waals surface area contributed by atoms with Crippen LogP contribution in [0.25, 0.3) is 0 Å². The molecule has 1 aliphatic carbocycles. The van der Waals surface area contributed by atoms with Crippen LogP contribution in [0.4, 0.5) is 0 Å². The van der Waals surface area contributed by atoms with E-state index in [4.69, 9.17) is 5.11 Å². The second kappa shape index (κ2) is 6.21. The highest BCUT2D eigenvalue weighted by atomic mass is 16.4. The normalized spacial score (nSPS) is 26.5. The van der Waals surface area contributed by atoms with Gasteiger partial charge in [-0.15, -0.1) is 0 Å². The Labute approximate surface area is 98.0 Å². The van der Waals surface area contributed by atoms with Gasteiger partial charge in [-0.1, -0.05) is 13.8 Å². The number of carboxylic acid groups (broad SMARTS) is 1. The van der Waals surface area contributed by atoms with Gasteiger partial charge in [0.25, 0.3) is 0 Å². The molecule has 0 radical (unpaired) electrons. The number of carbonyl (C=O) groups is 1. The van der Waals surface area contributed by atoms with E-state index in [-0.39, 0.29) is 12.0 Å². The summed E-state index contributed by atoms with van der Waals surface area (Å²) in [6.07, 6.45) is 1.82. The fourth-order valence-corrected chi connectivity index (χ4v) is 2.28. The number of aliphatic carboxylic acids is 1. The third-order valence-electron chi connectivity index (χ3n) is 3.52. The van der Waals surface area contributed by atoms with Gasteiger partial charge in [-0.05, 0) is 32.9 Å². The summed E-state index contributed by atoms with van der Waals surface area (Å²) in [6, 6.07) is 0.551. The molecule has 0 saturated heterocycles. The SMILES string of the molecule is CCN(CC)CC(C)NC1CCC1C(=O)O. The molecule has 16 heavy (non-hydrogen) atoms. The number of hydrogen-bond donors (Lipinski definition) is 2. The van der Waals surface area contributed by atoms with E-state index in [1.165, 1.54) is 0 Å². The Kier molecular flexibility index (Phi) is 5.22. The van der Waals surface area contributed by atoms with Crippen molar-refractivity contribution >= 4 is 5.97 Å². The fraction of sp³-hybridized carbons (Fsp3) is 0.917. The zero-order valence-corrected chi connectivity index (χ0v) is 10.6. The van der Waals surface area contributed by atoms with Gasteiger partial charge in [0.2, 0.25) is 0 Å². The zero-order valence-electron chi connectivity index (χ0n) is 10.6. The molecule has 1 aliphatic rings. The minimum atomic E-state index is -0.654. The van der Waals surface area contributed by atoms with Crippen molar-refractivity contribution in [2.45, 2.75) is 45.7 Å². The number of carboxylic acids is 1. The Bertz CT molecular complexity index is 229. The van der Waals surface area contributed by atoms with E-state index in [0.29, 0.717) is 6.04 Å². The van der Waals surface area contributed by atoms with E-state index in [2.05, 4.69) is 31.0 Å². The summed E-state index contributed by atoms with van der Waals surface area (Å²) >= 11 is 0. The predicted octanol–water partition coefficient (Wildman–Crippen LogP) is 1.17. The zero-order chi connectivity index (χ0) is 12.1. The molecule has 1 rings (SSSR count). The summed E-state index contributed by atoms with van der Waals surface area (Å²) in [5.41, 5.74) is 0. The Hall–Kier alpha value is -0.610. The van der Waals surface area contributed by atoms with Crippen LogP contribution in [0, 0.1) is 5.92 Å². The van der Waals surface area contributed by atoms with Crippen LogP contribution in [0.1, 0.15) is 33.6 Å². The van der Waals surface area contributed by atoms with Crippen LogP contribution in [0.5, 0.6) is 0 Å². The van der Waals surface area contributed by atoms with Gasteiger partial charge >= 0.3 is 5.97 Å². The molecule has 2 N–H and O–H groups in total. The molecule has 0 aromatic heterocycles. The van der Waals surface area contributed by atoms with Crippen molar-refractivity contribution in [3.05, 3.63) is 0 Å². The average molecular weight is 228 g/mol. The highest BCUT2D eigenvalue weighted by Crippen LogP contribution is 2.27. The van der Waals surface area contributed by atoms with Gasteiger partial charge in [-0.2, -0.15) is 0 Å². The van der Waals surface area contributed by atoms with Gasteiger partial charge in [0, 0.05) is 18.6 Å². The summed E-state index contributed by atoms with van der Waals surface area (Å²) < 4.78 is 0. The minimum absolute atomic E-state index is 0.167. The van der Waals surface area contributed by atoms with Crippen molar-refractivity contribution < 1.29 is 9.90 Å². The maximum Gasteiger partial charge on any atom is 0.308 e. The monoisotopic (exact) mass is 228 g/mol. The molecule has 4 nitrogen and oxygen atoms in total. The van der Waals surface area contributed by atoms with Crippen LogP contribution in [-0.4, -0.2) is 47.7 Å². The number of nitrogens with one attached hydrogen (secondary N) is 1. The molecule has 1 saturated carbocycles. The molecule has 94 valence electrons. The lowest BCUT2D eigenvalue weighted by molar-refractivity contribution is -0.146. The number of rotatable bonds is 7. The molecule has 0 amide bonds. The Morgan fingerprint density at radius 2 is 2.06 bits per heavy atom. The van der Waals surface area contributed by atoms with Crippen molar-refractivity contribution in [2.75, 3.05) is 19.6 Å². The molecule has 0 aliphatic heterocycles. The van der Waals surface area contributed by atoms with Crippen LogP contribution in [0.2, 0.25) is 0 Å². The highest BCUT2D eigenvalue weighted by molar-refractivity contribution is 5.72. The summed E-state index contributed by atoms with van der Waals surface area (Å²) in [5, 5.41) is 12.4. The summed E-state index contributed by atoms with van der Waals surface area (Å²) in [6.45, 7) is 9.54. The first-order valence-corrected chi connectivity index (χ1v) is 6.29. The topological polar surface area (TPSA) is 52.6 Å². The first-order chi connectivity index (χ1) is 7.58. The molecule has 3 atom stereocenters. The molecule has 0 bridgehead atoms. The van der Waals surface area contributed by atoms with Gasteiger partial charge in [0.1, 0.15) is 0 Å². The van der Waals surface area contributed by atoms with Crippen molar-refractivity contribution in [1.29, 1.82) is 0 Å². The van der Waals surface area contributed by atoms with E-state index in [1.807, 2.05) is 0 Å². The molecule has 0 aromatic carbocycles. The molecule has 0 spiro atoms. The molecule has 4 heteroatoms. The summed E-state index contributed by atoms with van der Waals surface area (Å²) in [4.78, 5) is 13.2. The average Bonchev–Trinajstić information content (AvgIpc) is 2.20. The maximum absolute atomic E-state index is 10.9. The highest BCUT2D eigenvalue weighted by Gasteiger charge is 2.36. The Balaban J connectivity index is 2.28. The van der Waals surface area contributed by atoms with Gasteiger partial charge in [0.05, 0.1) is 5.92 Å². The Morgan fingerprint density at radius 3 is 2.44 bits per heavy atom. The smallest absolute Gasteiger partial charge is 0.308 e. The van der Waals surface area contributed by atoms with Gasteiger partial charge < -0.3 is 15.3 Å². The van der Waals surface area contributed by atoms with Gasteiger partial charge in [-0.3, -0.25) is 4.79 Å². The summed E-state index contributed by atoms with van der Waals surface area (Å²) in [7, 11) is 0. The van der Waals surface area contributed by atoms with E-state index in [1.54, 1.807) is 0 Å². The standard InChI is InChI=1S/C12H24N2O2/c1-4-14(5-2)8-9(3)13-11-7-6-10(11)12(15)16/h9-11,13H,4-8H2,1-3H3,(H,15,16). The fourth-order valence-electron chi connectivity index (χ4n) is 2.28. The molecule has 3 unspecified atom stereocenters. The van der Waals surface area contributed by atoms with Gasteiger partial charge in [0.15, 0.2) is 0 Å².